The van der Waals surface area contributed by atoms with E-state index in [9.17, 15) is 14.9 Å². The van der Waals surface area contributed by atoms with E-state index in [0.717, 1.165) is 11.5 Å². The quantitative estimate of drug-likeness (QED) is 0.357. The Balaban J connectivity index is 2.63. The van der Waals surface area contributed by atoms with Gasteiger partial charge in [0.1, 0.15) is 0 Å². The fourth-order valence-electron chi connectivity index (χ4n) is 1.30. The van der Waals surface area contributed by atoms with Crippen molar-refractivity contribution < 1.29 is 9.72 Å². The SMILES string of the molecule is C=CCSCCNC(=O)c1cc([N+](=O)[O-])ccc1Br. The van der Waals surface area contributed by atoms with Crippen LogP contribution < -0.4 is 5.32 Å². The van der Waals surface area contributed by atoms with Crippen molar-refractivity contribution in [2.24, 2.45) is 0 Å². The minimum atomic E-state index is -0.525. The zero-order chi connectivity index (χ0) is 14.3. The lowest BCUT2D eigenvalue weighted by Gasteiger charge is -2.06. The van der Waals surface area contributed by atoms with Gasteiger partial charge in [-0.2, -0.15) is 11.8 Å². The molecule has 5 nitrogen and oxygen atoms in total. The molecule has 0 bridgehead atoms. The van der Waals surface area contributed by atoms with E-state index in [1.54, 1.807) is 17.8 Å². The van der Waals surface area contributed by atoms with Gasteiger partial charge in [0.2, 0.25) is 0 Å². The molecule has 7 heteroatoms. The van der Waals surface area contributed by atoms with Gasteiger partial charge < -0.3 is 5.32 Å². The fourth-order valence-corrected chi connectivity index (χ4v) is 2.31. The molecule has 0 saturated carbocycles. The molecule has 102 valence electrons. The van der Waals surface area contributed by atoms with Gasteiger partial charge in [0.05, 0.1) is 10.5 Å². The second kappa shape index (κ2) is 7.96. The van der Waals surface area contributed by atoms with Crippen molar-refractivity contribution in [3.05, 3.63) is 51.0 Å². The molecule has 0 fully saturated rings. The van der Waals surface area contributed by atoms with Crippen molar-refractivity contribution in [2.45, 2.75) is 0 Å². The molecular weight excluding hydrogens is 332 g/mol. The average molecular weight is 345 g/mol. The zero-order valence-corrected chi connectivity index (χ0v) is 12.5. The molecule has 19 heavy (non-hydrogen) atoms. The van der Waals surface area contributed by atoms with E-state index in [1.165, 1.54) is 18.2 Å². The molecular formula is C12H13BrN2O3S. The van der Waals surface area contributed by atoms with E-state index < -0.39 is 4.92 Å². The summed E-state index contributed by atoms with van der Waals surface area (Å²) in [4.78, 5) is 22.0. The summed E-state index contributed by atoms with van der Waals surface area (Å²) in [6.07, 6.45) is 1.80. The monoisotopic (exact) mass is 344 g/mol. The number of thioether (sulfide) groups is 1. The summed E-state index contributed by atoms with van der Waals surface area (Å²) in [5.41, 5.74) is 0.164. The van der Waals surface area contributed by atoms with E-state index in [4.69, 9.17) is 0 Å². The van der Waals surface area contributed by atoms with Crippen LogP contribution in [0.1, 0.15) is 10.4 Å². The van der Waals surface area contributed by atoms with Crippen LogP contribution in [0.25, 0.3) is 0 Å². The van der Waals surface area contributed by atoms with Crippen molar-refractivity contribution in [1.82, 2.24) is 5.32 Å². The molecule has 0 unspecified atom stereocenters. The molecule has 1 aromatic carbocycles. The molecule has 0 aromatic heterocycles. The molecule has 0 heterocycles. The van der Waals surface area contributed by atoms with Gasteiger partial charge in [0, 0.05) is 34.7 Å². The van der Waals surface area contributed by atoms with Crippen LogP contribution >= 0.6 is 27.7 Å². The summed E-state index contributed by atoms with van der Waals surface area (Å²) in [6, 6.07) is 4.11. The van der Waals surface area contributed by atoms with Gasteiger partial charge in [-0.15, -0.1) is 6.58 Å². The number of hydrogen-bond acceptors (Lipinski definition) is 4. The standard InChI is InChI=1S/C12H13BrN2O3S/c1-2-6-19-7-5-14-12(16)10-8-9(15(17)18)3-4-11(10)13/h2-4,8H,1,5-7H2,(H,14,16). The van der Waals surface area contributed by atoms with Crippen LogP contribution in [0, 0.1) is 10.1 Å². The van der Waals surface area contributed by atoms with Crippen molar-refractivity contribution in [3.8, 4) is 0 Å². The number of nitrogens with one attached hydrogen (secondary N) is 1. The van der Waals surface area contributed by atoms with Crippen LogP contribution in [0.4, 0.5) is 5.69 Å². The number of nitrogens with zero attached hydrogens (tertiary/aromatic N) is 1. The van der Waals surface area contributed by atoms with Gasteiger partial charge >= 0.3 is 0 Å². The molecule has 0 saturated heterocycles. The van der Waals surface area contributed by atoms with Crippen molar-refractivity contribution in [2.75, 3.05) is 18.1 Å². The third-order valence-corrected chi connectivity index (χ3v) is 3.83. The number of rotatable bonds is 7. The summed E-state index contributed by atoms with van der Waals surface area (Å²) in [7, 11) is 0. The Bertz CT molecular complexity index is 494. The number of nitro benzene ring substituents is 1. The van der Waals surface area contributed by atoms with Crippen molar-refractivity contribution >= 4 is 39.3 Å². The van der Waals surface area contributed by atoms with Gasteiger partial charge in [0.15, 0.2) is 0 Å². The molecule has 0 aliphatic rings. The van der Waals surface area contributed by atoms with E-state index in [2.05, 4.69) is 27.8 Å². The van der Waals surface area contributed by atoms with Crippen LogP contribution in [0.2, 0.25) is 0 Å². The zero-order valence-electron chi connectivity index (χ0n) is 10.1. The van der Waals surface area contributed by atoms with Crippen LogP contribution in [0.15, 0.2) is 35.3 Å². The van der Waals surface area contributed by atoms with Crippen molar-refractivity contribution in [3.63, 3.8) is 0 Å². The number of benzene rings is 1. The Labute approximate surface area is 123 Å². The largest absolute Gasteiger partial charge is 0.351 e. The first kappa shape index (κ1) is 15.7. The number of carbonyl (C=O) groups excluding carboxylic acids is 1. The highest BCUT2D eigenvalue weighted by atomic mass is 79.9. The normalized spacial score (nSPS) is 9.95. The summed E-state index contributed by atoms with van der Waals surface area (Å²) in [5.74, 6) is 1.27. The maximum absolute atomic E-state index is 11.9. The molecule has 1 N–H and O–H groups in total. The first-order chi connectivity index (χ1) is 9.06. The molecule has 1 amide bonds. The molecule has 0 spiro atoms. The highest BCUT2D eigenvalue weighted by Crippen LogP contribution is 2.22. The Morgan fingerprint density at radius 1 is 1.58 bits per heavy atom. The number of hydrogen-bond donors (Lipinski definition) is 1. The predicted molar refractivity (Wildman–Crippen MR) is 80.7 cm³/mol. The second-order valence-corrected chi connectivity index (χ2v) is 5.54. The molecule has 0 aliphatic carbocycles. The Kier molecular flexibility index (Phi) is 6.58. The third-order valence-electron chi connectivity index (χ3n) is 2.17. The minimum Gasteiger partial charge on any atom is -0.351 e. The summed E-state index contributed by atoms with van der Waals surface area (Å²) < 4.78 is 0.536. The number of nitro groups is 1. The highest BCUT2D eigenvalue weighted by molar-refractivity contribution is 9.10. The maximum Gasteiger partial charge on any atom is 0.270 e. The minimum absolute atomic E-state index is 0.102. The first-order valence-corrected chi connectivity index (χ1v) is 7.41. The fraction of sp³-hybridized carbons (Fsp3) is 0.250. The molecule has 0 atom stereocenters. The van der Waals surface area contributed by atoms with Gasteiger partial charge in [-0.25, -0.2) is 0 Å². The Morgan fingerprint density at radius 2 is 2.32 bits per heavy atom. The van der Waals surface area contributed by atoms with E-state index >= 15 is 0 Å². The number of amides is 1. The van der Waals surface area contributed by atoms with Gasteiger partial charge in [0.25, 0.3) is 11.6 Å². The van der Waals surface area contributed by atoms with Crippen LogP contribution in [0.5, 0.6) is 0 Å². The first-order valence-electron chi connectivity index (χ1n) is 5.47. The smallest absolute Gasteiger partial charge is 0.270 e. The summed E-state index contributed by atoms with van der Waals surface area (Å²) in [5, 5.41) is 13.4. The maximum atomic E-state index is 11.9. The highest BCUT2D eigenvalue weighted by Gasteiger charge is 2.14. The van der Waals surface area contributed by atoms with Crippen molar-refractivity contribution in [1.29, 1.82) is 0 Å². The van der Waals surface area contributed by atoms with Crippen LogP contribution in [0.3, 0.4) is 0 Å². The van der Waals surface area contributed by atoms with Gasteiger partial charge in [-0.3, -0.25) is 14.9 Å². The molecule has 1 rings (SSSR count). The third kappa shape index (κ3) is 5.04. The number of halogens is 1. The lowest BCUT2D eigenvalue weighted by atomic mass is 10.2. The lowest BCUT2D eigenvalue weighted by molar-refractivity contribution is -0.384. The molecule has 0 aliphatic heterocycles. The Morgan fingerprint density at radius 3 is 2.95 bits per heavy atom. The van der Waals surface area contributed by atoms with E-state index in [0.29, 0.717) is 11.0 Å². The topological polar surface area (TPSA) is 72.2 Å². The second-order valence-electron chi connectivity index (χ2n) is 3.54. The summed E-state index contributed by atoms with van der Waals surface area (Å²) in [6.45, 7) is 4.11. The number of carbonyl (C=O) groups is 1. The van der Waals surface area contributed by atoms with Crippen LogP contribution in [-0.4, -0.2) is 28.9 Å². The van der Waals surface area contributed by atoms with Crippen LogP contribution in [-0.2, 0) is 0 Å². The van der Waals surface area contributed by atoms with E-state index in [1.807, 2.05) is 0 Å². The van der Waals surface area contributed by atoms with Gasteiger partial charge in [-0.1, -0.05) is 6.08 Å². The summed E-state index contributed by atoms with van der Waals surface area (Å²) >= 11 is 4.86. The van der Waals surface area contributed by atoms with Gasteiger partial charge in [-0.05, 0) is 22.0 Å². The predicted octanol–water partition coefficient (Wildman–Crippen LogP) is 3.01. The molecule has 0 radical (unpaired) electrons. The molecule has 1 aromatic rings. The average Bonchev–Trinajstić information content (AvgIpc) is 2.38. The van der Waals surface area contributed by atoms with E-state index in [-0.39, 0.29) is 17.2 Å². The Hall–Kier alpha value is -1.34. The lowest BCUT2D eigenvalue weighted by Crippen LogP contribution is -2.26. The number of non-ortho nitro benzene ring substituents is 1.